The molecule has 0 radical (unpaired) electrons. The highest BCUT2D eigenvalue weighted by molar-refractivity contribution is 7.09. The zero-order valence-corrected chi connectivity index (χ0v) is 14.1. The van der Waals surface area contributed by atoms with Gasteiger partial charge in [0.25, 0.3) is 0 Å². The zero-order valence-electron chi connectivity index (χ0n) is 13.3. The number of nitrogens with zero attached hydrogens (tertiary/aromatic N) is 3. The van der Waals surface area contributed by atoms with Gasteiger partial charge in [-0.15, -0.1) is 11.3 Å². The van der Waals surface area contributed by atoms with Gasteiger partial charge >= 0.3 is 6.03 Å². The summed E-state index contributed by atoms with van der Waals surface area (Å²) >= 11 is 1.57. The van der Waals surface area contributed by atoms with Gasteiger partial charge in [0, 0.05) is 36.6 Å². The van der Waals surface area contributed by atoms with Crippen molar-refractivity contribution in [1.29, 1.82) is 0 Å². The molecule has 1 aliphatic rings. The molecule has 2 aromatic rings. The van der Waals surface area contributed by atoms with Gasteiger partial charge < -0.3 is 15.0 Å². The molecular formula is C16H20N4O2S. The number of hydrogen-bond acceptors (Lipinski definition) is 5. The van der Waals surface area contributed by atoms with Crippen LogP contribution in [0.4, 0.5) is 4.79 Å². The fourth-order valence-corrected chi connectivity index (χ4v) is 3.46. The number of aromatic nitrogens is 2. The van der Waals surface area contributed by atoms with Crippen LogP contribution in [0.15, 0.2) is 23.8 Å². The molecule has 0 aliphatic carbocycles. The number of morpholine rings is 1. The predicted molar refractivity (Wildman–Crippen MR) is 88.3 cm³/mol. The van der Waals surface area contributed by atoms with E-state index in [4.69, 9.17) is 4.74 Å². The molecule has 1 atom stereocenters. The molecule has 2 aromatic heterocycles. The molecule has 122 valence electrons. The molecule has 3 heterocycles. The van der Waals surface area contributed by atoms with Crippen LogP contribution in [-0.4, -0.2) is 40.7 Å². The van der Waals surface area contributed by atoms with Crippen molar-refractivity contribution in [2.45, 2.75) is 26.4 Å². The lowest BCUT2D eigenvalue weighted by Gasteiger charge is -2.34. The molecule has 7 heteroatoms. The summed E-state index contributed by atoms with van der Waals surface area (Å²) < 4.78 is 5.54. The first-order valence-corrected chi connectivity index (χ1v) is 8.46. The van der Waals surface area contributed by atoms with Crippen molar-refractivity contribution >= 4 is 17.4 Å². The molecule has 1 aliphatic heterocycles. The van der Waals surface area contributed by atoms with Crippen molar-refractivity contribution in [3.8, 4) is 0 Å². The van der Waals surface area contributed by atoms with Crippen LogP contribution >= 0.6 is 11.3 Å². The van der Waals surface area contributed by atoms with Gasteiger partial charge in [0.1, 0.15) is 11.0 Å². The standard InChI is InChI=1S/C16H20N4O2S/c1-11-5-13(7-17-6-11)8-18-16(21)20-3-4-22-9-14(20)15-19-12(2)10-23-15/h5-7,10,14H,3-4,8-9H2,1-2H3,(H,18,21)/t14-/m0/s1. The third-order valence-corrected chi connectivity index (χ3v) is 4.75. The van der Waals surface area contributed by atoms with E-state index in [1.165, 1.54) is 0 Å². The van der Waals surface area contributed by atoms with Gasteiger partial charge in [-0.1, -0.05) is 6.07 Å². The molecule has 1 fully saturated rings. The minimum absolute atomic E-state index is 0.0901. The van der Waals surface area contributed by atoms with Crippen LogP contribution in [0.25, 0.3) is 0 Å². The Bertz CT molecular complexity index is 688. The van der Waals surface area contributed by atoms with Crippen molar-refractivity contribution in [3.63, 3.8) is 0 Å². The van der Waals surface area contributed by atoms with Gasteiger partial charge in [0.15, 0.2) is 0 Å². The molecule has 2 amide bonds. The first kappa shape index (κ1) is 15.9. The highest BCUT2D eigenvalue weighted by atomic mass is 32.1. The largest absolute Gasteiger partial charge is 0.377 e. The topological polar surface area (TPSA) is 67.4 Å². The quantitative estimate of drug-likeness (QED) is 0.937. The Morgan fingerprint density at radius 1 is 1.48 bits per heavy atom. The van der Waals surface area contributed by atoms with E-state index in [0.29, 0.717) is 26.3 Å². The molecule has 1 N–H and O–H groups in total. The zero-order chi connectivity index (χ0) is 16.2. The molecule has 1 saturated heterocycles. The van der Waals surface area contributed by atoms with Gasteiger partial charge in [-0.25, -0.2) is 9.78 Å². The Hall–Kier alpha value is -1.99. The smallest absolute Gasteiger partial charge is 0.318 e. The van der Waals surface area contributed by atoms with Crippen LogP contribution in [0.3, 0.4) is 0 Å². The van der Waals surface area contributed by atoms with E-state index < -0.39 is 0 Å². The number of ether oxygens (including phenoxy) is 1. The van der Waals surface area contributed by atoms with E-state index in [2.05, 4.69) is 15.3 Å². The van der Waals surface area contributed by atoms with Crippen LogP contribution in [0.5, 0.6) is 0 Å². The molecule has 0 saturated carbocycles. The lowest BCUT2D eigenvalue weighted by Crippen LogP contribution is -2.47. The van der Waals surface area contributed by atoms with Gasteiger partial charge in [-0.2, -0.15) is 0 Å². The average Bonchev–Trinajstić information content (AvgIpc) is 2.99. The van der Waals surface area contributed by atoms with Gasteiger partial charge in [-0.05, 0) is 25.0 Å². The first-order chi connectivity index (χ1) is 11.1. The van der Waals surface area contributed by atoms with Crippen molar-refractivity contribution in [1.82, 2.24) is 20.2 Å². The Morgan fingerprint density at radius 3 is 3.09 bits per heavy atom. The lowest BCUT2D eigenvalue weighted by atomic mass is 10.2. The number of nitrogens with one attached hydrogen (secondary N) is 1. The van der Waals surface area contributed by atoms with Crippen molar-refractivity contribution in [3.05, 3.63) is 45.7 Å². The monoisotopic (exact) mass is 332 g/mol. The number of hydrogen-bond donors (Lipinski definition) is 1. The van der Waals surface area contributed by atoms with Crippen LogP contribution in [-0.2, 0) is 11.3 Å². The third kappa shape index (κ3) is 3.86. The minimum atomic E-state index is -0.113. The van der Waals surface area contributed by atoms with Gasteiger partial charge in [-0.3, -0.25) is 4.98 Å². The summed E-state index contributed by atoms with van der Waals surface area (Å²) in [5.41, 5.74) is 3.05. The second kappa shape index (κ2) is 7.06. The van der Waals surface area contributed by atoms with E-state index >= 15 is 0 Å². The van der Waals surface area contributed by atoms with Crippen LogP contribution in [0.2, 0.25) is 0 Å². The number of aryl methyl sites for hydroxylation is 2. The summed E-state index contributed by atoms with van der Waals surface area (Å²) in [6, 6.07) is 1.82. The SMILES string of the molecule is Cc1cncc(CNC(=O)N2CCOC[C@H]2c2nc(C)cs2)c1. The molecule has 3 rings (SSSR count). The van der Waals surface area contributed by atoms with E-state index in [1.54, 1.807) is 23.7 Å². The van der Waals surface area contributed by atoms with Crippen LogP contribution in [0, 0.1) is 13.8 Å². The van der Waals surface area contributed by atoms with Crippen molar-refractivity contribution in [2.75, 3.05) is 19.8 Å². The second-order valence-corrected chi connectivity index (χ2v) is 6.53. The second-order valence-electron chi connectivity index (χ2n) is 5.64. The highest BCUT2D eigenvalue weighted by Crippen LogP contribution is 2.26. The molecule has 0 bridgehead atoms. The van der Waals surface area contributed by atoms with Crippen molar-refractivity contribution < 1.29 is 9.53 Å². The number of pyridine rings is 1. The Morgan fingerprint density at radius 2 is 2.35 bits per heavy atom. The molecule has 0 aromatic carbocycles. The summed E-state index contributed by atoms with van der Waals surface area (Å²) in [5.74, 6) is 0. The fraction of sp³-hybridized carbons (Fsp3) is 0.438. The summed E-state index contributed by atoms with van der Waals surface area (Å²) in [4.78, 5) is 23.0. The van der Waals surface area contributed by atoms with Gasteiger partial charge in [0.2, 0.25) is 0 Å². The Labute approximate surface area is 139 Å². The molecule has 23 heavy (non-hydrogen) atoms. The number of amides is 2. The summed E-state index contributed by atoms with van der Waals surface area (Å²) in [6.45, 7) is 6.03. The number of thiazole rings is 1. The maximum absolute atomic E-state index is 12.6. The number of carbonyl (C=O) groups excluding carboxylic acids is 1. The minimum Gasteiger partial charge on any atom is -0.377 e. The lowest BCUT2D eigenvalue weighted by molar-refractivity contribution is 0.0115. The maximum atomic E-state index is 12.6. The maximum Gasteiger partial charge on any atom is 0.318 e. The van der Waals surface area contributed by atoms with E-state index in [-0.39, 0.29) is 12.1 Å². The molecule has 0 spiro atoms. The van der Waals surface area contributed by atoms with Gasteiger partial charge in [0.05, 0.1) is 13.2 Å². The van der Waals surface area contributed by atoms with E-state index in [9.17, 15) is 4.79 Å². The van der Waals surface area contributed by atoms with Crippen molar-refractivity contribution in [2.24, 2.45) is 0 Å². The highest BCUT2D eigenvalue weighted by Gasteiger charge is 2.30. The molecule has 6 nitrogen and oxygen atoms in total. The van der Waals surface area contributed by atoms with E-state index in [1.807, 2.05) is 30.2 Å². The third-order valence-electron chi connectivity index (χ3n) is 3.69. The van der Waals surface area contributed by atoms with Crippen LogP contribution in [0.1, 0.15) is 27.9 Å². The molecule has 0 unspecified atom stereocenters. The summed E-state index contributed by atoms with van der Waals surface area (Å²) in [7, 11) is 0. The normalized spacial score (nSPS) is 18.0. The van der Waals surface area contributed by atoms with E-state index in [0.717, 1.165) is 21.8 Å². The Kier molecular flexibility index (Phi) is 4.88. The average molecular weight is 332 g/mol. The Balaban J connectivity index is 1.66. The summed E-state index contributed by atoms with van der Waals surface area (Å²) in [6.07, 6.45) is 3.57. The number of rotatable bonds is 3. The summed E-state index contributed by atoms with van der Waals surface area (Å²) in [5, 5.41) is 5.89. The fourth-order valence-electron chi connectivity index (χ4n) is 2.57. The first-order valence-electron chi connectivity index (χ1n) is 7.58. The predicted octanol–water partition coefficient (Wildman–Crippen LogP) is 2.44. The van der Waals surface area contributed by atoms with Crippen LogP contribution < -0.4 is 5.32 Å². The molecular weight excluding hydrogens is 312 g/mol. The number of carbonyl (C=O) groups is 1. The number of urea groups is 1.